The van der Waals surface area contributed by atoms with Crippen molar-refractivity contribution in [3.63, 3.8) is 0 Å². The summed E-state index contributed by atoms with van der Waals surface area (Å²) < 4.78 is 6.28. The summed E-state index contributed by atoms with van der Waals surface area (Å²) in [6, 6.07) is 1.52. The maximum absolute atomic E-state index is 13.3. The average Bonchev–Trinajstić information content (AvgIpc) is 3.53. The van der Waals surface area contributed by atoms with E-state index < -0.39 is 0 Å². The van der Waals surface area contributed by atoms with Gasteiger partial charge in [-0.2, -0.15) is 0 Å². The maximum Gasteiger partial charge on any atom is 0.259 e. The van der Waals surface area contributed by atoms with Crippen molar-refractivity contribution in [2.45, 2.75) is 52.2 Å². The number of rotatable bonds is 6. The lowest BCUT2D eigenvalue weighted by atomic mass is 10.00. The number of carbonyl (C=O) groups is 1. The van der Waals surface area contributed by atoms with Crippen molar-refractivity contribution in [2.24, 2.45) is 11.8 Å². The van der Waals surface area contributed by atoms with Gasteiger partial charge < -0.3 is 19.6 Å². The second-order valence-corrected chi connectivity index (χ2v) is 8.51. The molecule has 158 valence electrons. The van der Waals surface area contributed by atoms with Crippen LogP contribution in [0.5, 0.6) is 5.88 Å². The lowest BCUT2D eigenvalue weighted by molar-refractivity contribution is 0.0331. The van der Waals surface area contributed by atoms with Gasteiger partial charge in [-0.25, -0.2) is 4.98 Å². The van der Waals surface area contributed by atoms with Crippen molar-refractivity contribution >= 4 is 5.91 Å². The molecule has 0 aromatic carbocycles. The van der Waals surface area contributed by atoms with Crippen LogP contribution >= 0.6 is 0 Å². The first-order valence-corrected chi connectivity index (χ1v) is 10.7. The van der Waals surface area contributed by atoms with Gasteiger partial charge in [0, 0.05) is 36.7 Å². The molecular formula is C23H33N3O3. The Morgan fingerprint density at radius 1 is 1.45 bits per heavy atom. The van der Waals surface area contributed by atoms with Gasteiger partial charge >= 0.3 is 0 Å². The lowest BCUT2D eigenvalue weighted by Crippen LogP contribution is -2.50. The standard InChI is InChI=1S/C23H33N3O3/c1-5-10-25(4)14-21-16(2)13-26(17(3)15-27)23(28)20-11-19(9-8-18-6-7-18)12-24-22(20)29-21/h11-12,16-18,21,27H,5-7,10,13-15H2,1-4H3/t16-,17+,21-/m0/s1. The molecule has 0 saturated heterocycles. The molecule has 1 saturated carbocycles. The first-order chi connectivity index (χ1) is 13.9. The number of hydrogen-bond donors (Lipinski definition) is 1. The quantitative estimate of drug-likeness (QED) is 0.744. The number of amides is 1. The summed E-state index contributed by atoms with van der Waals surface area (Å²) in [5.41, 5.74) is 1.17. The van der Waals surface area contributed by atoms with Gasteiger partial charge in [0.05, 0.1) is 12.6 Å². The lowest BCUT2D eigenvalue weighted by Gasteiger charge is -2.37. The second kappa shape index (κ2) is 9.60. The molecule has 2 aliphatic rings. The molecule has 3 atom stereocenters. The predicted molar refractivity (Wildman–Crippen MR) is 113 cm³/mol. The number of fused-ring (bicyclic) bond motifs is 1. The normalized spacial score (nSPS) is 22.8. The third-order valence-corrected chi connectivity index (χ3v) is 5.62. The molecule has 6 nitrogen and oxygen atoms in total. The molecule has 1 aromatic heterocycles. The predicted octanol–water partition coefficient (Wildman–Crippen LogP) is 2.41. The maximum atomic E-state index is 13.3. The molecule has 6 heteroatoms. The van der Waals surface area contributed by atoms with E-state index in [4.69, 9.17) is 4.74 Å². The second-order valence-electron chi connectivity index (χ2n) is 8.51. The molecule has 1 amide bonds. The SMILES string of the molecule is CCCN(C)C[C@@H]1Oc2ncc(C#CC3CC3)cc2C(=O)N([C@H](C)CO)C[C@@H]1C. The van der Waals surface area contributed by atoms with Crippen LogP contribution in [0.4, 0.5) is 0 Å². The van der Waals surface area contributed by atoms with Crippen LogP contribution in [0.25, 0.3) is 0 Å². The Bertz CT molecular complexity index is 781. The Balaban J connectivity index is 1.94. The van der Waals surface area contributed by atoms with Crippen LogP contribution in [0.15, 0.2) is 12.3 Å². The summed E-state index contributed by atoms with van der Waals surface area (Å²) in [5.74, 6) is 7.16. The summed E-state index contributed by atoms with van der Waals surface area (Å²) in [6.07, 6.45) is 4.98. The summed E-state index contributed by atoms with van der Waals surface area (Å²) in [5, 5.41) is 9.72. The van der Waals surface area contributed by atoms with Gasteiger partial charge in [0.1, 0.15) is 11.7 Å². The minimum Gasteiger partial charge on any atom is -0.472 e. The van der Waals surface area contributed by atoms with E-state index in [1.807, 2.05) is 6.92 Å². The van der Waals surface area contributed by atoms with E-state index in [-0.39, 0.29) is 30.6 Å². The van der Waals surface area contributed by atoms with Crippen LogP contribution < -0.4 is 4.74 Å². The number of carbonyl (C=O) groups excluding carboxylic acids is 1. The van der Waals surface area contributed by atoms with E-state index in [0.29, 0.717) is 23.9 Å². The summed E-state index contributed by atoms with van der Waals surface area (Å²) in [7, 11) is 2.09. The molecule has 1 aromatic rings. The van der Waals surface area contributed by atoms with E-state index in [1.54, 1.807) is 17.2 Å². The van der Waals surface area contributed by atoms with E-state index >= 15 is 0 Å². The molecule has 29 heavy (non-hydrogen) atoms. The molecular weight excluding hydrogens is 366 g/mol. The van der Waals surface area contributed by atoms with Crippen LogP contribution in [0, 0.1) is 23.7 Å². The molecule has 0 unspecified atom stereocenters. The van der Waals surface area contributed by atoms with Crippen molar-refractivity contribution < 1.29 is 14.6 Å². The minimum atomic E-state index is -0.272. The molecule has 1 aliphatic carbocycles. The third kappa shape index (κ3) is 5.49. The number of ether oxygens (including phenoxy) is 1. The highest BCUT2D eigenvalue weighted by atomic mass is 16.5. The smallest absolute Gasteiger partial charge is 0.259 e. The zero-order valence-corrected chi connectivity index (χ0v) is 18.0. The Morgan fingerprint density at radius 3 is 2.86 bits per heavy atom. The van der Waals surface area contributed by atoms with Crippen molar-refractivity contribution in [3.05, 3.63) is 23.4 Å². The van der Waals surface area contributed by atoms with Gasteiger partial charge in [-0.15, -0.1) is 0 Å². The first-order valence-electron chi connectivity index (χ1n) is 10.7. The Labute approximate surface area is 174 Å². The Morgan fingerprint density at radius 2 is 2.21 bits per heavy atom. The number of aliphatic hydroxyl groups is 1. The average molecular weight is 400 g/mol. The molecule has 2 heterocycles. The minimum absolute atomic E-state index is 0.0797. The van der Waals surface area contributed by atoms with Gasteiger partial charge in [-0.1, -0.05) is 25.7 Å². The summed E-state index contributed by atoms with van der Waals surface area (Å²) in [6.45, 7) is 8.31. The van der Waals surface area contributed by atoms with Crippen LogP contribution in [0.3, 0.4) is 0 Å². The van der Waals surface area contributed by atoms with Gasteiger partial charge in [-0.3, -0.25) is 4.79 Å². The van der Waals surface area contributed by atoms with E-state index in [1.165, 1.54) is 0 Å². The molecule has 1 aliphatic heterocycles. The van der Waals surface area contributed by atoms with Crippen molar-refractivity contribution in [2.75, 3.05) is 33.3 Å². The zero-order chi connectivity index (χ0) is 21.0. The number of nitrogens with zero attached hydrogens (tertiary/aromatic N) is 3. The van der Waals surface area contributed by atoms with E-state index in [9.17, 15) is 9.90 Å². The summed E-state index contributed by atoms with van der Waals surface area (Å²) in [4.78, 5) is 21.8. The van der Waals surface area contributed by atoms with E-state index in [0.717, 1.165) is 37.9 Å². The van der Waals surface area contributed by atoms with Crippen molar-refractivity contribution in [1.82, 2.24) is 14.8 Å². The fourth-order valence-electron chi connectivity index (χ4n) is 3.58. The number of hydrogen-bond acceptors (Lipinski definition) is 5. The zero-order valence-electron chi connectivity index (χ0n) is 18.0. The highest BCUT2D eigenvalue weighted by Gasteiger charge is 2.34. The Kier molecular flexibility index (Phi) is 7.15. The summed E-state index contributed by atoms with van der Waals surface area (Å²) >= 11 is 0. The molecule has 1 N–H and O–H groups in total. The fourth-order valence-corrected chi connectivity index (χ4v) is 3.58. The largest absolute Gasteiger partial charge is 0.472 e. The van der Waals surface area contributed by atoms with Crippen LogP contribution in [0.2, 0.25) is 0 Å². The van der Waals surface area contributed by atoms with Crippen molar-refractivity contribution in [1.29, 1.82) is 0 Å². The molecule has 3 rings (SSSR count). The van der Waals surface area contributed by atoms with Crippen LogP contribution in [-0.4, -0.2) is 71.2 Å². The first kappa shape index (κ1) is 21.6. The molecule has 0 bridgehead atoms. The highest BCUT2D eigenvalue weighted by molar-refractivity contribution is 5.97. The van der Waals surface area contributed by atoms with Gasteiger partial charge in [0.25, 0.3) is 5.91 Å². The molecule has 0 radical (unpaired) electrons. The third-order valence-electron chi connectivity index (χ3n) is 5.62. The number of likely N-dealkylation sites (N-methyl/N-ethyl adjacent to an activating group) is 1. The van der Waals surface area contributed by atoms with Gasteiger partial charge in [0.2, 0.25) is 5.88 Å². The Hall–Kier alpha value is -2.10. The van der Waals surface area contributed by atoms with Crippen LogP contribution in [-0.2, 0) is 0 Å². The van der Waals surface area contributed by atoms with E-state index in [2.05, 4.69) is 42.6 Å². The molecule has 1 fully saturated rings. The number of aliphatic hydroxyl groups excluding tert-OH is 1. The van der Waals surface area contributed by atoms with Crippen molar-refractivity contribution in [3.8, 4) is 17.7 Å². The van der Waals surface area contributed by atoms with Gasteiger partial charge in [0.15, 0.2) is 0 Å². The van der Waals surface area contributed by atoms with Gasteiger partial charge in [-0.05, 0) is 45.8 Å². The topological polar surface area (TPSA) is 65.9 Å². The number of pyridine rings is 1. The van der Waals surface area contributed by atoms with Crippen LogP contribution in [0.1, 0.15) is 56.0 Å². The fraction of sp³-hybridized carbons (Fsp3) is 0.652. The molecule has 0 spiro atoms. The number of aromatic nitrogens is 1. The monoisotopic (exact) mass is 399 g/mol. The highest BCUT2D eigenvalue weighted by Crippen LogP contribution is 2.29.